The second kappa shape index (κ2) is 8.93. The first-order valence-electron chi connectivity index (χ1n) is 11.3. The molecule has 2 atom stereocenters. The first kappa shape index (κ1) is 24.3. The van der Waals surface area contributed by atoms with Gasteiger partial charge >= 0.3 is 0 Å². The molecule has 1 aliphatic rings. The van der Waals surface area contributed by atoms with Gasteiger partial charge in [0.1, 0.15) is 29.1 Å². The van der Waals surface area contributed by atoms with E-state index in [0.717, 1.165) is 24.3 Å². The molecule has 0 amide bonds. The average molecular weight is 518 g/mol. The molecule has 0 unspecified atom stereocenters. The lowest BCUT2D eigenvalue weighted by Crippen LogP contribution is -2.12. The van der Waals surface area contributed by atoms with Crippen LogP contribution in [0.4, 0.5) is 0 Å². The number of phenols is 9. The molecule has 9 N–H and O–H groups in total. The number of ether oxygens (including phenoxy) is 1. The summed E-state index contributed by atoms with van der Waals surface area (Å²) in [5, 5.41) is 91.2. The maximum Gasteiger partial charge on any atom is 0.200 e. The number of rotatable bonds is 4. The van der Waals surface area contributed by atoms with Crippen molar-refractivity contribution in [2.75, 3.05) is 0 Å². The van der Waals surface area contributed by atoms with Crippen LogP contribution in [0.1, 0.15) is 39.8 Å². The number of phenolic OH excluding ortho intramolecular Hbond substituents is 9. The minimum absolute atomic E-state index is 0.131. The summed E-state index contributed by atoms with van der Waals surface area (Å²) in [6, 6.07) is 11.4. The van der Waals surface area contributed by atoms with Crippen molar-refractivity contribution in [2.24, 2.45) is 0 Å². The third-order valence-corrected chi connectivity index (χ3v) is 6.25. The molecule has 0 radical (unpaired) electrons. The van der Waals surface area contributed by atoms with Gasteiger partial charge in [-0.2, -0.15) is 0 Å². The highest BCUT2D eigenvalue weighted by molar-refractivity contribution is 5.78. The molecule has 1 heterocycles. The van der Waals surface area contributed by atoms with Crippen LogP contribution >= 0.6 is 0 Å². The van der Waals surface area contributed by atoms with Gasteiger partial charge in [-0.1, -0.05) is 12.2 Å². The molecule has 38 heavy (non-hydrogen) atoms. The Labute approximate surface area is 215 Å². The fourth-order valence-corrected chi connectivity index (χ4v) is 4.68. The maximum atomic E-state index is 10.7. The normalized spacial score (nSPS) is 16.4. The predicted molar refractivity (Wildman–Crippen MR) is 135 cm³/mol. The topological polar surface area (TPSA) is 191 Å². The number of benzene rings is 4. The van der Waals surface area contributed by atoms with Crippen LogP contribution in [0, 0.1) is 0 Å². The molecule has 0 aliphatic carbocycles. The van der Waals surface area contributed by atoms with Crippen molar-refractivity contribution >= 4 is 12.2 Å². The van der Waals surface area contributed by atoms with E-state index in [4.69, 9.17) is 4.74 Å². The van der Waals surface area contributed by atoms with Gasteiger partial charge in [0.05, 0.1) is 5.92 Å². The third-order valence-electron chi connectivity index (χ3n) is 6.25. The largest absolute Gasteiger partial charge is 0.508 e. The van der Waals surface area contributed by atoms with Gasteiger partial charge < -0.3 is 50.7 Å². The Bertz CT molecular complexity index is 1540. The molecule has 5 rings (SSSR count). The van der Waals surface area contributed by atoms with Gasteiger partial charge in [-0.25, -0.2) is 0 Å². The summed E-state index contributed by atoms with van der Waals surface area (Å²) in [5.74, 6) is -5.00. The summed E-state index contributed by atoms with van der Waals surface area (Å²) in [6.07, 6.45) is 2.00. The van der Waals surface area contributed by atoms with E-state index in [0.29, 0.717) is 22.3 Å². The van der Waals surface area contributed by atoms with Crippen molar-refractivity contribution in [2.45, 2.75) is 12.0 Å². The Hall–Kier alpha value is -5.38. The van der Waals surface area contributed by atoms with E-state index in [-0.39, 0.29) is 34.3 Å². The zero-order chi connectivity index (χ0) is 27.3. The second-order valence-electron chi connectivity index (χ2n) is 8.90. The minimum atomic E-state index is -1.08. The van der Waals surface area contributed by atoms with Gasteiger partial charge in [0.15, 0.2) is 28.7 Å². The zero-order valence-corrected chi connectivity index (χ0v) is 19.4. The molecule has 10 nitrogen and oxygen atoms in total. The quantitative estimate of drug-likeness (QED) is 0.137. The third kappa shape index (κ3) is 4.24. The predicted octanol–water partition coefficient (Wildman–Crippen LogP) is 4.47. The van der Waals surface area contributed by atoms with E-state index in [1.54, 1.807) is 6.08 Å². The second-order valence-corrected chi connectivity index (χ2v) is 8.90. The summed E-state index contributed by atoms with van der Waals surface area (Å²) >= 11 is 0. The van der Waals surface area contributed by atoms with Crippen LogP contribution in [0.5, 0.6) is 57.5 Å². The van der Waals surface area contributed by atoms with E-state index in [1.165, 1.54) is 36.4 Å². The highest BCUT2D eigenvalue weighted by Crippen LogP contribution is 2.58. The molecule has 0 spiro atoms. The highest BCUT2D eigenvalue weighted by atomic mass is 16.5. The SMILES string of the molecule is Oc1cc(O)cc(/C=C/c2cc(O)c(O)c3c2[C@H](c2cc(O)cc(O)c2)[C@@H](c2cc(O)c(O)c(O)c2)O3)c1. The Kier molecular flexibility index (Phi) is 5.71. The molecular formula is C28H22O10. The van der Waals surface area contributed by atoms with E-state index >= 15 is 0 Å². The lowest BCUT2D eigenvalue weighted by atomic mass is 9.82. The maximum absolute atomic E-state index is 10.7. The van der Waals surface area contributed by atoms with Gasteiger partial charge in [0.25, 0.3) is 0 Å². The van der Waals surface area contributed by atoms with Crippen LogP contribution in [0.2, 0.25) is 0 Å². The summed E-state index contributed by atoms with van der Waals surface area (Å²) in [4.78, 5) is 0. The van der Waals surface area contributed by atoms with Crippen molar-refractivity contribution in [1.82, 2.24) is 0 Å². The monoisotopic (exact) mass is 518 g/mol. The van der Waals surface area contributed by atoms with E-state index in [2.05, 4.69) is 0 Å². The number of hydrogen-bond acceptors (Lipinski definition) is 10. The smallest absolute Gasteiger partial charge is 0.200 e. The molecule has 194 valence electrons. The molecule has 1 aliphatic heterocycles. The van der Waals surface area contributed by atoms with Crippen LogP contribution in [0.25, 0.3) is 12.2 Å². The summed E-state index contributed by atoms with van der Waals surface area (Å²) in [6.45, 7) is 0. The molecular weight excluding hydrogens is 496 g/mol. The molecule has 0 aromatic heterocycles. The molecule has 4 aromatic carbocycles. The molecule has 0 fully saturated rings. The van der Waals surface area contributed by atoms with Crippen molar-refractivity contribution in [3.8, 4) is 57.5 Å². The van der Waals surface area contributed by atoms with Crippen LogP contribution in [-0.4, -0.2) is 46.0 Å². The van der Waals surface area contributed by atoms with Gasteiger partial charge in [-0.05, 0) is 59.2 Å². The van der Waals surface area contributed by atoms with E-state index < -0.39 is 40.8 Å². The molecule has 10 heteroatoms. The van der Waals surface area contributed by atoms with Crippen LogP contribution in [0.15, 0.2) is 54.6 Å². The lowest BCUT2D eigenvalue weighted by Gasteiger charge is -2.22. The Morgan fingerprint density at radius 1 is 0.526 bits per heavy atom. The van der Waals surface area contributed by atoms with Gasteiger partial charge in [-0.15, -0.1) is 0 Å². The van der Waals surface area contributed by atoms with Crippen molar-refractivity contribution < 1.29 is 50.7 Å². The van der Waals surface area contributed by atoms with Crippen LogP contribution in [0.3, 0.4) is 0 Å². The van der Waals surface area contributed by atoms with E-state index in [9.17, 15) is 46.0 Å². The van der Waals surface area contributed by atoms with Gasteiger partial charge in [0.2, 0.25) is 5.75 Å². The standard InChI is InChI=1S/C28H22O10/c29-16-3-12(4-17(30)10-16)1-2-13-7-22(35)26(37)28-23(13)24(14-5-18(31)11-19(32)6-14)27(38-28)15-8-20(33)25(36)21(34)9-15/h1-11,24,27,29-37H/b2-1+/t24-,27+/m0/s1. The fourth-order valence-electron chi connectivity index (χ4n) is 4.68. The first-order valence-corrected chi connectivity index (χ1v) is 11.3. The van der Waals surface area contributed by atoms with Gasteiger partial charge in [-0.3, -0.25) is 0 Å². The molecule has 0 bridgehead atoms. The Morgan fingerprint density at radius 2 is 1.05 bits per heavy atom. The van der Waals surface area contributed by atoms with Crippen molar-refractivity contribution in [3.05, 3.63) is 82.4 Å². The highest BCUT2D eigenvalue weighted by Gasteiger charge is 2.42. The fraction of sp³-hybridized carbons (Fsp3) is 0.0714. The van der Waals surface area contributed by atoms with Crippen LogP contribution < -0.4 is 4.74 Å². The average Bonchev–Trinajstić information content (AvgIpc) is 3.23. The lowest BCUT2D eigenvalue weighted by molar-refractivity contribution is 0.212. The van der Waals surface area contributed by atoms with Crippen molar-refractivity contribution in [3.63, 3.8) is 0 Å². The zero-order valence-electron chi connectivity index (χ0n) is 19.4. The van der Waals surface area contributed by atoms with Crippen molar-refractivity contribution in [1.29, 1.82) is 0 Å². The Morgan fingerprint density at radius 3 is 1.63 bits per heavy atom. The van der Waals surface area contributed by atoms with E-state index in [1.807, 2.05) is 0 Å². The summed E-state index contributed by atoms with van der Waals surface area (Å²) < 4.78 is 6.04. The Balaban J connectivity index is 1.74. The summed E-state index contributed by atoms with van der Waals surface area (Å²) in [5.41, 5.74) is 1.57. The number of fused-ring (bicyclic) bond motifs is 1. The summed E-state index contributed by atoms with van der Waals surface area (Å²) in [7, 11) is 0. The minimum Gasteiger partial charge on any atom is -0.508 e. The van der Waals surface area contributed by atoms with Gasteiger partial charge in [0, 0.05) is 23.3 Å². The molecule has 4 aromatic rings. The molecule has 0 saturated heterocycles. The number of hydrogen-bond donors (Lipinski definition) is 9. The molecule has 0 saturated carbocycles. The number of aromatic hydroxyl groups is 9. The first-order chi connectivity index (χ1) is 18.0. The van der Waals surface area contributed by atoms with Crippen LogP contribution in [-0.2, 0) is 0 Å².